The van der Waals surface area contributed by atoms with Crippen molar-refractivity contribution in [3.63, 3.8) is 0 Å². The smallest absolute Gasteiger partial charge is 0.232 e. The Balaban J connectivity index is 2.30. The lowest BCUT2D eigenvalue weighted by atomic mass is 10.2. The summed E-state index contributed by atoms with van der Waals surface area (Å²) in [5.74, 6) is 3.16. The fourth-order valence-electron chi connectivity index (χ4n) is 1.99. The van der Waals surface area contributed by atoms with Crippen molar-refractivity contribution in [3.05, 3.63) is 0 Å². The molecule has 0 aliphatic carbocycles. The highest BCUT2D eigenvalue weighted by atomic mass is 32.2. The first-order chi connectivity index (χ1) is 8.91. The number of hydrogen-bond donors (Lipinski definition) is 1. The zero-order valence-corrected chi connectivity index (χ0v) is 13.1. The minimum atomic E-state index is 0.239. The van der Waals surface area contributed by atoms with Crippen LogP contribution in [0.1, 0.15) is 13.8 Å². The van der Waals surface area contributed by atoms with Gasteiger partial charge in [0, 0.05) is 44.7 Å². The van der Waals surface area contributed by atoms with Crippen LogP contribution in [0.3, 0.4) is 0 Å². The fourth-order valence-corrected chi connectivity index (χ4v) is 3.11. The standard InChI is InChI=1S/C12H22N6S/c1-12(2)8-18(6-7-19-12)11-15-9(13-3)14-10(16-11)17(4)5/h6-8H2,1-5H3,(H,13,14,15,16). The number of nitrogens with one attached hydrogen (secondary N) is 1. The minimum absolute atomic E-state index is 0.239. The highest BCUT2D eigenvalue weighted by Gasteiger charge is 2.29. The lowest BCUT2D eigenvalue weighted by Gasteiger charge is -2.37. The summed E-state index contributed by atoms with van der Waals surface area (Å²) in [6.45, 7) is 6.46. The zero-order chi connectivity index (χ0) is 14.0. The summed E-state index contributed by atoms with van der Waals surface area (Å²) in [5.41, 5.74) is 0. The van der Waals surface area contributed by atoms with Crippen molar-refractivity contribution in [2.45, 2.75) is 18.6 Å². The minimum Gasteiger partial charge on any atom is -0.357 e. The maximum atomic E-state index is 4.55. The Kier molecular flexibility index (Phi) is 4.03. The van der Waals surface area contributed by atoms with Gasteiger partial charge in [-0.1, -0.05) is 0 Å². The number of nitrogens with zero attached hydrogens (tertiary/aromatic N) is 5. The van der Waals surface area contributed by atoms with Gasteiger partial charge in [-0.3, -0.25) is 0 Å². The average molecular weight is 282 g/mol. The van der Waals surface area contributed by atoms with Gasteiger partial charge in [0.25, 0.3) is 0 Å². The van der Waals surface area contributed by atoms with Crippen LogP contribution in [0.15, 0.2) is 0 Å². The van der Waals surface area contributed by atoms with E-state index in [0.717, 1.165) is 24.8 Å². The third-order valence-corrected chi connectivity index (χ3v) is 4.24. The fraction of sp³-hybridized carbons (Fsp3) is 0.750. The molecule has 0 aromatic carbocycles. The van der Waals surface area contributed by atoms with E-state index in [9.17, 15) is 0 Å². The molecule has 1 fully saturated rings. The molecular weight excluding hydrogens is 260 g/mol. The summed E-state index contributed by atoms with van der Waals surface area (Å²) >= 11 is 2.00. The third-order valence-electron chi connectivity index (χ3n) is 2.94. The molecule has 2 heterocycles. The lowest BCUT2D eigenvalue weighted by Crippen LogP contribution is -2.44. The van der Waals surface area contributed by atoms with E-state index in [0.29, 0.717) is 11.9 Å². The first-order valence-electron chi connectivity index (χ1n) is 6.41. The molecule has 0 saturated carbocycles. The second-order valence-corrected chi connectivity index (χ2v) is 7.24. The summed E-state index contributed by atoms with van der Waals surface area (Å²) in [6, 6.07) is 0. The van der Waals surface area contributed by atoms with Crippen LogP contribution in [0.2, 0.25) is 0 Å². The predicted octanol–water partition coefficient (Wildman–Crippen LogP) is 1.31. The Labute approximate surface area is 119 Å². The van der Waals surface area contributed by atoms with E-state index in [-0.39, 0.29) is 4.75 Å². The summed E-state index contributed by atoms with van der Waals surface area (Å²) in [6.07, 6.45) is 0. The van der Waals surface area contributed by atoms with Crippen molar-refractivity contribution in [3.8, 4) is 0 Å². The number of aromatic nitrogens is 3. The van der Waals surface area contributed by atoms with Crippen molar-refractivity contribution in [2.75, 3.05) is 55.1 Å². The zero-order valence-electron chi connectivity index (χ0n) is 12.3. The molecule has 106 valence electrons. The van der Waals surface area contributed by atoms with Gasteiger partial charge in [0.15, 0.2) is 0 Å². The number of thioether (sulfide) groups is 1. The van der Waals surface area contributed by atoms with E-state index in [1.165, 1.54) is 0 Å². The maximum Gasteiger partial charge on any atom is 0.232 e. The van der Waals surface area contributed by atoms with Gasteiger partial charge in [-0.2, -0.15) is 26.7 Å². The monoisotopic (exact) mass is 282 g/mol. The maximum absolute atomic E-state index is 4.55. The van der Waals surface area contributed by atoms with Gasteiger partial charge >= 0.3 is 0 Å². The molecule has 1 N–H and O–H groups in total. The van der Waals surface area contributed by atoms with Gasteiger partial charge in [-0.25, -0.2) is 0 Å². The van der Waals surface area contributed by atoms with Crippen LogP contribution in [-0.4, -0.2) is 59.7 Å². The first-order valence-corrected chi connectivity index (χ1v) is 7.40. The number of hydrogen-bond acceptors (Lipinski definition) is 7. The van der Waals surface area contributed by atoms with Crippen LogP contribution in [0.5, 0.6) is 0 Å². The van der Waals surface area contributed by atoms with Gasteiger partial charge in [0.05, 0.1) is 0 Å². The largest absolute Gasteiger partial charge is 0.357 e. The summed E-state index contributed by atoms with van der Waals surface area (Å²) in [5, 5.41) is 3.00. The highest BCUT2D eigenvalue weighted by Crippen LogP contribution is 2.31. The molecule has 1 aliphatic heterocycles. The molecule has 0 amide bonds. The molecule has 1 aliphatic rings. The van der Waals surface area contributed by atoms with Gasteiger partial charge in [0.1, 0.15) is 0 Å². The van der Waals surface area contributed by atoms with Crippen molar-refractivity contribution >= 4 is 29.6 Å². The Morgan fingerprint density at radius 3 is 2.58 bits per heavy atom. The lowest BCUT2D eigenvalue weighted by molar-refractivity contribution is 0.634. The molecular formula is C12H22N6S. The predicted molar refractivity (Wildman–Crippen MR) is 82.5 cm³/mol. The first kappa shape index (κ1) is 14.2. The van der Waals surface area contributed by atoms with E-state index < -0.39 is 0 Å². The molecule has 6 nitrogen and oxygen atoms in total. The molecule has 1 saturated heterocycles. The third kappa shape index (κ3) is 3.40. The average Bonchev–Trinajstić information content (AvgIpc) is 2.37. The molecule has 1 aromatic rings. The Bertz CT molecular complexity index is 448. The molecule has 1 aromatic heterocycles. The SMILES string of the molecule is CNc1nc(N(C)C)nc(N2CCSC(C)(C)C2)n1. The Hall–Kier alpha value is -1.24. The Morgan fingerprint density at radius 2 is 2.00 bits per heavy atom. The summed E-state index contributed by atoms with van der Waals surface area (Å²) in [4.78, 5) is 17.5. The van der Waals surface area contributed by atoms with Crippen LogP contribution >= 0.6 is 11.8 Å². The number of anilines is 3. The van der Waals surface area contributed by atoms with Crippen LogP contribution in [0.4, 0.5) is 17.8 Å². The molecule has 2 rings (SSSR count). The molecule has 0 radical (unpaired) electrons. The van der Waals surface area contributed by atoms with E-state index in [2.05, 4.69) is 39.0 Å². The molecule has 0 atom stereocenters. The molecule has 7 heteroatoms. The van der Waals surface area contributed by atoms with Crippen LogP contribution in [0.25, 0.3) is 0 Å². The van der Waals surface area contributed by atoms with Crippen LogP contribution in [0, 0.1) is 0 Å². The highest BCUT2D eigenvalue weighted by molar-refractivity contribution is 8.00. The summed E-state index contributed by atoms with van der Waals surface area (Å²) in [7, 11) is 5.71. The van der Waals surface area contributed by atoms with Crippen LogP contribution in [-0.2, 0) is 0 Å². The van der Waals surface area contributed by atoms with Crippen molar-refractivity contribution in [1.82, 2.24) is 15.0 Å². The second-order valence-electron chi connectivity index (χ2n) is 5.43. The van der Waals surface area contributed by atoms with E-state index in [1.807, 2.05) is 37.8 Å². The van der Waals surface area contributed by atoms with Gasteiger partial charge in [-0.15, -0.1) is 0 Å². The van der Waals surface area contributed by atoms with E-state index in [1.54, 1.807) is 0 Å². The van der Waals surface area contributed by atoms with E-state index in [4.69, 9.17) is 0 Å². The Morgan fingerprint density at radius 1 is 1.26 bits per heavy atom. The van der Waals surface area contributed by atoms with Crippen LogP contribution < -0.4 is 15.1 Å². The second kappa shape index (κ2) is 5.40. The van der Waals surface area contributed by atoms with Crippen molar-refractivity contribution in [1.29, 1.82) is 0 Å². The normalized spacial score (nSPS) is 18.3. The van der Waals surface area contributed by atoms with Crippen molar-refractivity contribution < 1.29 is 0 Å². The molecule has 0 spiro atoms. The summed E-state index contributed by atoms with van der Waals surface area (Å²) < 4.78 is 0.239. The molecule has 19 heavy (non-hydrogen) atoms. The van der Waals surface area contributed by atoms with E-state index >= 15 is 0 Å². The van der Waals surface area contributed by atoms with Gasteiger partial charge in [-0.05, 0) is 13.8 Å². The topological polar surface area (TPSA) is 57.2 Å². The number of rotatable bonds is 3. The quantitative estimate of drug-likeness (QED) is 0.897. The van der Waals surface area contributed by atoms with Gasteiger partial charge in [0.2, 0.25) is 17.8 Å². The molecule has 0 bridgehead atoms. The molecule has 0 unspecified atom stereocenters. The van der Waals surface area contributed by atoms with Gasteiger partial charge < -0.3 is 15.1 Å². The van der Waals surface area contributed by atoms with Crippen molar-refractivity contribution in [2.24, 2.45) is 0 Å².